The molecule has 2 rings (SSSR count). The van der Waals surface area contributed by atoms with Crippen molar-refractivity contribution in [2.45, 2.75) is 19.6 Å². The number of benzene rings is 1. The fourth-order valence-corrected chi connectivity index (χ4v) is 3.24. The lowest BCUT2D eigenvalue weighted by molar-refractivity contribution is 0.417. The molecule has 0 spiro atoms. The fourth-order valence-electron chi connectivity index (χ4n) is 1.74. The molecule has 0 aromatic heterocycles. The van der Waals surface area contributed by atoms with Crippen LogP contribution in [0.4, 0.5) is 0 Å². The van der Waals surface area contributed by atoms with E-state index in [-0.39, 0.29) is 0 Å². The standard InChI is InChI=1S/C12H16OSi/c1-13-11-7-9-5-6-10(9)8-12(11)14(2,3)4/h5-8H,1-4H3. The summed E-state index contributed by atoms with van der Waals surface area (Å²) >= 11 is 0. The van der Waals surface area contributed by atoms with Crippen molar-refractivity contribution in [2.24, 2.45) is 0 Å². The van der Waals surface area contributed by atoms with Crippen molar-refractivity contribution < 1.29 is 4.74 Å². The summed E-state index contributed by atoms with van der Waals surface area (Å²) in [5.74, 6) is 1.06. The molecule has 0 bridgehead atoms. The van der Waals surface area contributed by atoms with Gasteiger partial charge in [0.15, 0.2) is 0 Å². The molecule has 1 nitrogen and oxygen atoms in total. The van der Waals surface area contributed by atoms with Gasteiger partial charge < -0.3 is 4.74 Å². The molecule has 1 aromatic carbocycles. The number of methoxy groups -OCH3 is 1. The molecule has 0 fully saturated rings. The molecule has 14 heavy (non-hydrogen) atoms. The van der Waals surface area contributed by atoms with E-state index in [2.05, 4.69) is 43.9 Å². The van der Waals surface area contributed by atoms with Gasteiger partial charge >= 0.3 is 0 Å². The van der Waals surface area contributed by atoms with Gasteiger partial charge in [-0.1, -0.05) is 37.9 Å². The lowest BCUT2D eigenvalue weighted by Gasteiger charge is -2.23. The molecular formula is C12H16OSi. The highest BCUT2D eigenvalue weighted by atomic mass is 28.3. The van der Waals surface area contributed by atoms with E-state index in [1.165, 1.54) is 16.3 Å². The zero-order valence-electron chi connectivity index (χ0n) is 9.22. The number of ether oxygens (including phenoxy) is 1. The summed E-state index contributed by atoms with van der Waals surface area (Å²) in [6.45, 7) is 7.04. The van der Waals surface area contributed by atoms with Crippen LogP contribution in [0.2, 0.25) is 19.6 Å². The lowest BCUT2D eigenvalue weighted by atomic mass is 9.98. The Labute approximate surface area is 86.4 Å². The van der Waals surface area contributed by atoms with Crippen LogP contribution in [0.5, 0.6) is 5.75 Å². The van der Waals surface area contributed by atoms with Crippen LogP contribution in [0, 0.1) is 0 Å². The molecule has 0 saturated carbocycles. The summed E-state index contributed by atoms with van der Waals surface area (Å²) in [7, 11) is 0.480. The molecule has 0 heterocycles. The fraction of sp³-hybridized carbons (Fsp3) is 0.333. The Morgan fingerprint density at radius 3 is 2.00 bits per heavy atom. The van der Waals surface area contributed by atoms with Crippen molar-refractivity contribution in [3.05, 3.63) is 23.3 Å². The van der Waals surface area contributed by atoms with Gasteiger partial charge in [-0.3, -0.25) is 0 Å². The minimum atomic E-state index is -1.28. The van der Waals surface area contributed by atoms with E-state index < -0.39 is 8.07 Å². The summed E-state index contributed by atoms with van der Waals surface area (Å²) in [5.41, 5.74) is 2.67. The van der Waals surface area contributed by atoms with Gasteiger partial charge in [0.05, 0.1) is 15.2 Å². The van der Waals surface area contributed by atoms with E-state index in [0.717, 1.165) is 5.75 Å². The predicted molar refractivity (Wildman–Crippen MR) is 64.9 cm³/mol. The van der Waals surface area contributed by atoms with Gasteiger partial charge in [0.25, 0.3) is 0 Å². The molecule has 1 aromatic rings. The second-order valence-electron chi connectivity index (χ2n) is 4.76. The zero-order valence-corrected chi connectivity index (χ0v) is 10.2. The van der Waals surface area contributed by atoms with Gasteiger partial charge in [0.2, 0.25) is 0 Å². The van der Waals surface area contributed by atoms with Crippen LogP contribution < -0.4 is 9.92 Å². The Hall–Kier alpha value is -1.02. The van der Waals surface area contributed by atoms with Crippen molar-refractivity contribution in [3.63, 3.8) is 0 Å². The highest BCUT2D eigenvalue weighted by Crippen LogP contribution is 2.28. The van der Waals surface area contributed by atoms with Crippen molar-refractivity contribution in [1.29, 1.82) is 0 Å². The maximum Gasteiger partial charge on any atom is 0.118 e. The van der Waals surface area contributed by atoms with Crippen molar-refractivity contribution in [2.75, 3.05) is 7.11 Å². The van der Waals surface area contributed by atoms with Gasteiger partial charge in [-0.15, -0.1) is 0 Å². The van der Waals surface area contributed by atoms with Crippen LogP contribution in [0.15, 0.2) is 12.1 Å². The normalized spacial score (nSPS) is 13.4. The van der Waals surface area contributed by atoms with Crippen molar-refractivity contribution in [1.82, 2.24) is 0 Å². The summed E-state index contributed by atoms with van der Waals surface area (Å²) in [6, 6.07) is 4.45. The van der Waals surface area contributed by atoms with Crippen LogP contribution in [0.1, 0.15) is 11.1 Å². The van der Waals surface area contributed by atoms with Crippen molar-refractivity contribution in [3.8, 4) is 5.75 Å². The number of hydrogen-bond donors (Lipinski definition) is 0. The highest BCUT2D eigenvalue weighted by Gasteiger charge is 2.23. The summed E-state index contributed by atoms with van der Waals surface area (Å²) in [5, 5.41) is 1.42. The van der Waals surface area contributed by atoms with Gasteiger partial charge in [0.1, 0.15) is 5.75 Å². The topological polar surface area (TPSA) is 9.23 Å². The minimum Gasteiger partial charge on any atom is -0.497 e. The Morgan fingerprint density at radius 1 is 1.00 bits per heavy atom. The molecule has 0 N–H and O–H groups in total. The van der Waals surface area contributed by atoms with Crippen LogP contribution in [-0.2, 0) is 0 Å². The van der Waals surface area contributed by atoms with Crippen molar-refractivity contribution >= 4 is 25.4 Å². The Kier molecular flexibility index (Phi) is 2.03. The third-order valence-electron chi connectivity index (χ3n) is 2.66. The molecule has 74 valence electrons. The van der Waals surface area contributed by atoms with Gasteiger partial charge in [-0.2, -0.15) is 0 Å². The number of hydrogen-bond acceptors (Lipinski definition) is 1. The molecule has 0 radical (unpaired) electrons. The van der Waals surface area contributed by atoms with Gasteiger partial charge in [0, 0.05) is 0 Å². The Balaban J connectivity index is 2.55. The largest absolute Gasteiger partial charge is 0.497 e. The molecule has 1 aliphatic rings. The van der Waals surface area contributed by atoms with E-state index in [9.17, 15) is 0 Å². The molecule has 2 heteroatoms. The SMILES string of the molecule is COc1cc2c(cc1[Si](C)(C)C)C=C2. The first-order valence-corrected chi connectivity index (χ1v) is 8.43. The highest BCUT2D eigenvalue weighted by molar-refractivity contribution is 6.89. The molecule has 0 unspecified atom stereocenters. The van der Waals surface area contributed by atoms with E-state index in [4.69, 9.17) is 4.74 Å². The van der Waals surface area contributed by atoms with E-state index >= 15 is 0 Å². The number of fused-ring (bicyclic) bond motifs is 1. The first-order valence-electron chi connectivity index (χ1n) is 4.93. The second kappa shape index (κ2) is 2.99. The van der Waals surface area contributed by atoms with Crippen LogP contribution in [-0.4, -0.2) is 15.2 Å². The molecule has 1 aliphatic carbocycles. The molecular weight excluding hydrogens is 188 g/mol. The van der Waals surface area contributed by atoms with Crippen LogP contribution >= 0.6 is 0 Å². The first kappa shape index (κ1) is 9.53. The summed E-state index contributed by atoms with van der Waals surface area (Å²) < 4.78 is 5.44. The minimum absolute atomic E-state index is 1.06. The van der Waals surface area contributed by atoms with Gasteiger partial charge in [-0.05, 0) is 22.4 Å². The van der Waals surface area contributed by atoms with E-state index in [1.807, 2.05) is 0 Å². The van der Waals surface area contributed by atoms with Gasteiger partial charge in [-0.25, -0.2) is 0 Å². The first-order chi connectivity index (χ1) is 6.52. The maximum atomic E-state index is 5.44. The average molecular weight is 204 g/mol. The van der Waals surface area contributed by atoms with Crippen LogP contribution in [0.25, 0.3) is 12.2 Å². The third-order valence-corrected chi connectivity index (χ3v) is 4.66. The average Bonchev–Trinajstić information content (AvgIpc) is 2.05. The molecule has 0 atom stereocenters. The predicted octanol–water partition coefficient (Wildman–Crippen LogP) is 2.72. The molecule has 0 aliphatic heterocycles. The third kappa shape index (κ3) is 1.40. The lowest BCUT2D eigenvalue weighted by Crippen LogP contribution is -2.39. The van der Waals surface area contributed by atoms with E-state index in [1.54, 1.807) is 7.11 Å². The molecule has 0 saturated heterocycles. The monoisotopic (exact) mass is 204 g/mol. The Bertz CT molecular complexity index is 400. The quantitative estimate of drug-likeness (QED) is 0.683. The second-order valence-corrected chi connectivity index (χ2v) is 9.80. The van der Waals surface area contributed by atoms with E-state index in [0.29, 0.717) is 0 Å². The summed E-state index contributed by atoms with van der Waals surface area (Å²) in [6.07, 6.45) is 4.30. The smallest absolute Gasteiger partial charge is 0.118 e. The molecule has 0 amide bonds. The number of rotatable bonds is 2. The maximum absolute atomic E-state index is 5.44. The Morgan fingerprint density at radius 2 is 1.57 bits per heavy atom. The summed E-state index contributed by atoms with van der Waals surface area (Å²) in [4.78, 5) is 0. The van der Waals surface area contributed by atoms with Crippen LogP contribution in [0.3, 0.4) is 0 Å². The zero-order chi connectivity index (χ0) is 10.3.